The molecule has 88 valence electrons. The molecule has 1 aromatic heterocycles. The Balaban J connectivity index is 2.70. The molecule has 5 nitrogen and oxygen atoms in total. The van der Waals surface area contributed by atoms with Crippen molar-refractivity contribution in [2.75, 3.05) is 0 Å². The molecule has 0 saturated carbocycles. The highest BCUT2D eigenvalue weighted by Crippen LogP contribution is 2.22. The second kappa shape index (κ2) is 4.84. The fraction of sp³-hybridized carbons (Fsp3) is 0.444. The molecule has 7 heteroatoms. The van der Waals surface area contributed by atoms with Gasteiger partial charge in [0.15, 0.2) is 10.9 Å². The van der Waals surface area contributed by atoms with E-state index in [4.69, 9.17) is 27.9 Å². The number of nitrogens with zero attached hydrogens (tertiary/aromatic N) is 2. The molecule has 1 amide bonds. The first-order chi connectivity index (χ1) is 7.28. The maximum absolute atomic E-state index is 11.4. The topological polar surface area (TPSA) is 64.1 Å². The van der Waals surface area contributed by atoms with Gasteiger partial charge in [0.1, 0.15) is 0 Å². The van der Waals surface area contributed by atoms with E-state index >= 15 is 0 Å². The lowest BCUT2D eigenvalue weighted by molar-refractivity contribution is 0.190. The Bertz CT molecular complexity index is 404. The van der Waals surface area contributed by atoms with Crippen LogP contribution in [0.2, 0.25) is 10.4 Å². The monoisotopic (exact) mass is 263 g/mol. The van der Waals surface area contributed by atoms with Gasteiger partial charge in [-0.05, 0) is 32.4 Å². The van der Waals surface area contributed by atoms with Gasteiger partial charge in [-0.2, -0.15) is 0 Å². The minimum atomic E-state index is -0.625. The predicted octanol–water partition coefficient (Wildman–Crippen LogP) is 2.67. The van der Waals surface area contributed by atoms with Crippen molar-refractivity contribution in [1.82, 2.24) is 15.3 Å². The molecule has 0 saturated heterocycles. The zero-order valence-corrected chi connectivity index (χ0v) is 10.6. The summed E-state index contributed by atoms with van der Waals surface area (Å²) < 4.78 is 4.91. The predicted molar refractivity (Wildman–Crippen MR) is 61.0 cm³/mol. The van der Waals surface area contributed by atoms with E-state index in [1.807, 2.05) is 20.8 Å². The molecule has 16 heavy (non-hydrogen) atoms. The van der Waals surface area contributed by atoms with Gasteiger partial charge in [0.25, 0.3) is 0 Å². The van der Waals surface area contributed by atoms with Crippen LogP contribution in [0, 0.1) is 0 Å². The van der Waals surface area contributed by atoms with Gasteiger partial charge in [-0.25, -0.2) is 14.8 Å². The fourth-order valence-corrected chi connectivity index (χ4v) is 1.17. The van der Waals surface area contributed by atoms with Crippen molar-refractivity contribution in [3.05, 3.63) is 16.6 Å². The summed E-state index contributed by atoms with van der Waals surface area (Å²) in [4.78, 5) is 18.7. The minimum Gasteiger partial charge on any atom is -0.405 e. The van der Waals surface area contributed by atoms with Crippen LogP contribution in [0.1, 0.15) is 20.8 Å². The summed E-state index contributed by atoms with van der Waals surface area (Å²) in [5, 5.41) is 2.59. The number of carbonyl (C=O) groups excluding carboxylic acids is 1. The highest BCUT2D eigenvalue weighted by molar-refractivity contribution is 6.32. The van der Waals surface area contributed by atoms with Crippen molar-refractivity contribution in [1.29, 1.82) is 0 Å². The van der Waals surface area contributed by atoms with Crippen LogP contribution < -0.4 is 10.1 Å². The zero-order valence-electron chi connectivity index (χ0n) is 9.04. The summed E-state index contributed by atoms with van der Waals surface area (Å²) in [6, 6.07) is 0. The Morgan fingerprint density at radius 1 is 1.44 bits per heavy atom. The van der Waals surface area contributed by atoms with Crippen LogP contribution in [0.3, 0.4) is 0 Å². The van der Waals surface area contributed by atoms with E-state index in [0.717, 1.165) is 0 Å². The van der Waals surface area contributed by atoms with Crippen LogP contribution in [0.4, 0.5) is 4.79 Å². The highest BCUT2D eigenvalue weighted by Gasteiger charge is 2.17. The van der Waals surface area contributed by atoms with E-state index in [-0.39, 0.29) is 16.2 Å². The third-order valence-electron chi connectivity index (χ3n) is 1.36. The van der Waals surface area contributed by atoms with Crippen molar-refractivity contribution >= 4 is 29.3 Å². The van der Waals surface area contributed by atoms with Crippen LogP contribution in [0.25, 0.3) is 0 Å². The van der Waals surface area contributed by atoms with Crippen LogP contribution in [0.5, 0.6) is 5.75 Å². The average molecular weight is 264 g/mol. The molecular formula is C9H11Cl2N3O2. The maximum atomic E-state index is 11.4. The van der Waals surface area contributed by atoms with Gasteiger partial charge in [-0.15, -0.1) is 0 Å². The maximum Gasteiger partial charge on any atom is 0.413 e. The number of hydrogen-bond donors (Lipinski definition) is 1. The first kappa shape index (κ1) is 13.0. The molecule has 0 aliphatic rings. The van der Waals surface area contributed by atoms with Gasteiger partial charge >= 0.3 is 6.09 Å². The van der Waals surface area contributed by atoms with Gasteiger partial charge < -0.3 is 10.1 Å². The van der Waals surface area contributed by atoms with Gasteiger partial charge in [0, 0.05) is 5.54 Å². The van der Waals surface area contributed by atoms with Crippen LogP contribution in [-0.2, 0) is 0 Å². The Morgan fingerprint density at radius 2 is 2.06 bits per heavy atom. The van der Waals surface area contributed by atoms with Gasteiger partial charge in [0.05, 0.1) is 6.20 Å². The number of nitrogens with one attached hydrogen (secondary N) is 1. The molecule has 1 rings (SSSR count). The SMILES string of the molecule is CC(C)(C)NC(=O)Oc1cnc(Cl)nc1Cl. The lowest BCUT2D eigenvalue weighted by atomic mass is 10.1. The van der Waals surface area contributed by atoms with Crippen molar-refractivity contribution in [2.24, 2.45) is 0 Å². The molecule has 0 spiro atoms. The smallest absolute Gasteiger partial charge is 0.405 e. The van der Waals surface area contributed by atoms with Crippen molar-refractivity contribution in [3.63, 3.8) is 0 Å². The number of hydrogen-bond acceptors (Lipinski definition) is 4. The summed E-state index contributed by atoms with van der Waals surface area (Å²) >= 11 is 11.2. The second-order valence-corrected chi connectivity index (χ2v) is 4.75. The highest BCUT2D eigenvalue weighted by atomic mass is 35.5. The third kappa shape index (κ3) is 4.20. The quantitative estimate of drug-likeness (QED) is 0.625. The van der Waals surface area contributed by atoms with E-state index in [1.165, 1.54) is 6.20 Å². The Kier molecular flexibility index (Phi) is 3.93. The minimum absolute atomic E-state index is 0.00594. The van der Waals surface area contributed by atoms with Crippen LogP contribution in [-0.4, -0.2) is 21.6 Å². The van der Waals surface area contributed by atoms with E-state index in [1.54, 1.807) is 0 Å². The number of halogens is 2. The molecule has 0 aliphatic carbocycles. The van der Waals surface area contributed by atoms with E-state index in [2.05, 4.69) is 15.3 Å². The summed E-state index contributed by atoms with van der Waals surface area (Å²) in [6.07, 6.45) is 0.611. The Morgan fingerprint density at radius 3 is 2.56 bits per heavy atom. The van der Waals surface area contributed by atoms with Crippen molar-refractivity contribution in [3.8, 4) is 5.75 Å². The van der Waals surface area contributed by atoms with Gasteiger partial charge in [0.2, 0.25) is 5.28 Å². The summed E-state index contributed by atoms with van der Waals surface area (Å²) in [6.45, 7) is 5.48. The standard InChI is InChI=1S/C9H11Cl2N3O2/c1-9(2,3)14-8(15)16-5-4-12-7(11)13-6(5)10/h4H,1-3H3,(H,14,15). The number of ether oxygens (including phenoxy) is 1. The van der Waals surface area contributed by atoms with Crippen LogP contribution >= 0.6 is 23.2 Å². The lowest BCUT2D eigenvalue weighted by Crippen LogP contribution is -2.42. The van der Waals surface area contributed by atoms with Crippen molar-refractivity contribution < 1.29 is 9.53 Å². The third-order valence-corrected chi connectivity index (χ3v) is 1.81. The first-order valence-electron chi connectivity index (χ1n) is 4.46. The largest absolute Gasteiger partial charge is 0.413 e. The van der Waals surface area contributed by atoms with E-state index < -0.39 is 11.6 Å². The average Bonchev–Trinajstić information content (AvgIpc) is 2.06. The summed E-state index contributed by atoms with van der Waals surface area (Å²) in [5.74, 6) is 0.0628. The number of amides is 1. The normalized spacial score (nSPS) is 11.1. The molecule has 1 heterocycles. The second-order valence-electron chi connectivity index (χ2n) is 4.06. The number of rotatable bonds is 1. The molecule has 1 N–H and O–H groups in total. The first-order valence-corrected chi connectivity index (χ1v) is 5.21. The fourth-order valence-electron chi connectivity index (χ4n) is 0.830. The van der Waals surface area contributed by atoms with Crippen LogP contribution in [0.15, 0.2) is 6.20 Å². The van der Waals surface area contributed by atoms with Gasteiger partial charge in [-0.3, -0.25) is 0 Å². The molecule has 0 fully saturated rings. The van der Waals surface area contributed by atoms with E-state index in [0.29, 0.717) is 0 Å². The van der Waals surface area contributed by atoms with Crippen molar-refractivity contribution in [2.45, 2.75) is 26.3 Å². The molecule has 0 bridgehead atoms. The Labute approximate surface area is 103 Å². The number of aromatic nitrogens is 2. The molecule has 0 aromatic carbocycles. The molecule has 0 atom stereocenters. The van der Waals surface area contributed by atoms with E-state index in [9.17, 15) is 4.79 Å². The molecular weight excluding hydrogens is 253 g/mol. The molecule has 0 unspecified atom stereocenters. The lowest BCUT2D eigenvalue weighted by Gasteiger charge is -2.19. The molecule has 1 aromatic rings. The van der Waals surface area contributed by atoms with Gasteiger partial charge in [-0.1, -0.05) is 11.6 Å². The Hall–Kier alpha value is -1.07. The number of carbonyl (C=O) groups is 1. The summed E-state index contributed by atoms with van der Waals surface area (Å²) in [7, 11) is 0. The summed E-state index contributed by atoms with van der Waals surface area (Å²) in [5.41, 5.74) is -0.392. The zero-order chi connectivity index (χ0) is 12.3. The molecule has 0 radical (unpaired) electrons. The molecule has 0 aliphatic heterocycles.